The van der Waals surface area contributed by atoms with Crippen LogP contribution in [0.5, 0.6) is 0 Å². The van der Waals surface area contributed by atoms with E-state index in [4.69, 9.17) is 0 Å². The number of carbonyl (C=O) groups is 1. The zero-order chi connectivity index (χ0) is 19.5. The second-order valence-electron chi connectivity index (χ2n) is 6.41. The van der Waals surface area contributed by atoms with Crippen LogP contribution in [-0.2, 0) is 11.3 Å². The normalized spacial score (nSPS) is 10.9. The lowest BCUT2D eigenvalue weighted by Crippen LogP contribution is -2.29. The second-order valence-corrected chi connectivity index (χ2v) is 6.41. The highest BCUT2D eigenvalue weighted by atomic mass is 16.2. The quantitative estimate of drug-likeness (QED) is 0.539. The van der Waals surface area contributed by atoms with E-state index in [1.54, 1.807) is 16.6 Å². The van der Waals surface area contributed by atoms with Gasteiger partial charge in [-0.3, -0.25) is 14.2 Å². The molecule has 2 aromatic heterocycles. The number of hydrogen-bond donors (Lipinski definition) is 0. The van der Waals surface area contributed by atoms with Gasteiger partial charge < -0.3 is 4.90 Å². The number of anilines is 1. The van der Waals surface area contributed by atoms with Crippen LogP contribution in [0.2, 0.25) is 0 Å². The molecule has 0 saturated carbocycles. The lowest BCUT2D eigenvalue weighted by atomic mass is 10.2. The van der Waals surface area contributed by atoms with Crippen LogP contribution in [0.1, 0.15) is 6.42 Å². The first kappa shape index (κ1) is 17.7. The number of aryl methyl sites for hydroxylation is 1. The standard InChI is InChI=1S/C21H19N5O2/c1-24(16-8-4-2-5-9-16)19(27)12-13-25-15-22-20-18(21(25)28)14-23-26(20)17-10-6-3-7-11-17/h2-11,14-15H,12-13H2,1H3. The average Bonchev–Trinajstić information content (AvgIpc) is 3.19. The van der Waals surface area contributed by atoms with Crippen molar-refractivity contribution >= 4 is 22.6 Å². The third kappa shape index (κ3) is 3.29. The van der Waals surface area contributed by atoms with Gasteiger partial charge in [-0.05, 0) is 24.3 Å². The fourth-order valence-electron chi connectivity index (χ4n) is 3.05. The first-order valence-electron chi connectivity index (χ1n) is 8.95. The summed E-state index contributed by atoms with van der Waals surface area (Å²) in [6.07, 6.45) is 3.19. The smallest absolute Gasteiger partial charge is 0.264 e. The van der Waals surface area contributed by atoms with Crippen LogP contribution in [0.3, 0.4) is 0 Å². The van der Waals surface area contributed by atoms with Crippen LogP contribution in [0, 0.1) is 0 Å². The lowest BCUT2D eigenvalue weighted by molar-refractivity contribution is -0.118. The van der Waals surface area contributed by atoms with E-state index in [-0.39, 0.29) is 24.4 Å². The molecule has 4 rings (SSSR count). The number of nitrogens with zero attached hydrogens (tertiary/aromatic N) is 5. The maximum atomic E-state index is 12.8. The molecular formula is C21H19N5O2. The van der Waals surface area contributed by atoms with Crippen LogP contribution in [-0.4, -0.2) is 32.3 Å². The Hall–Kier alpha value is -3.74. The molecule has 2 aromatic carbocycles. The Labute approximate surface area is 161 Å². The molecule has 0 radical (unpaired) electrons. The molecule has 0 saturated heterocycles. The number of aromatic nitrogens is 4. The Bertz CT molecular complexity index is 1170. The van der Waals surface area contributed by atoms with Gasteiger partial charge in [-0.2, -0.15) is 5.10 Å². The number of benzene rings is 2. The molecule has 0 aliphatic heterocycles. The summed E-state index contributed by atoms with van der Waals surface area (Å²) in [5, 5.41) is 4.72. The maximum Gasteiger partial charge on any atom is 0.264 e. The molecule has 1 amide bonds. The van der Waals surface area contributed by atoms with Crippen molar-refractivity contribution in [3.05, 3.63) is 83.5 Å². The zero-order valence-electron chi connectivity index (χ0n) is 15.4. The van der Waals surface area contributed by atoms with E-state index in [1.807, 2.05) is 60.7 Å². The van der Waals surface area contributed by atoms with Crippen molar-refractivity contribution in [2.24, 2.45) is 0 Å². The molecule has 7 nitrogen and oxygen atoms in total. The summed E-state index contributed by atoms with van der Waals surface area (Å²) >= 11 is 0. The summed E-state index contributed by atoms with van der Waals surface area (Å²) in [6.45, 7) is 0.258. The van der Waals surface area contributed by atoms with E-state index < -0.39 is 0 Å². The van der Waals surface area contributed by atoms with Crippen molar-refractivity contribution in [1.29, 1.82) is 0 Å². The summed E-state index contributed by atoms with van der Waals surface area (Å²) in [5.41, 5.74) is 1.95. The molecule has 0 aliphatic carbocycles. The highest BCUT2D eigenvalue weighted by molar-refractivity contribution is 5.92. The molecule has 0 N–H and O–H groups in total. The van der Waals surface area contributed by atoms with Gasteiger partial charge in [0, 0.05) is 25.7 Å². The number of amides is 1. The predicted octanol–water partition coefficient (Wildman–Crippen LogP) is 2.64. The summed E-state index contributed by atoms with van der Waals surface area (Å²) in [6, 6.07) is 18.9. The fourth-order valence-corrected chi connectivity index (χ4v) is 3.05. The molecule has 0 spiro atoms. The van der Waals surface area contributed by atoms with Crippen molar-refractivity contribution in [3.8, 4) is 5.69 Å². The van der Waals surface area contributed by atoms with Crippen molar-refractivity contribution in [3.63, 3.8) is 0 Å². The van der Waals surface area contributed by atoms with Gasteiger partial charge in [-0.1, -0.05) is 36.4 Å². The Balaban J connectivity index is 1.55. The van der Waals surface area contributed by atoms with Crippen molar-refractivity contribution in [2.45, 2.75) is 13.0 Å². The Morgan fingerprint density at radius 3 is 2.43 bits per heavy atom. The van der Waals surface area contributed by atoms with Crippen LogP contribution in [0.4, 0.5) is 5.69 Å². The molecule has 0 unspecified atom stereocenters. The largest absolute Gasteiger partial charge is 0.315 e. The summed E-state index contributed by atoms with van der Waals surface area (Å²) in [7, 11) is 1.73. The van der Waals surface area contributed by atoms with Gasteiger partial charge in [-0.15, -0.1) is 0 Å². The Morgan fingerprint density at radius 1 is 1.04 bits per heavy atom. The van der Waals surface area contributed by atoms with Gasteiger partial charge in [-0.25, -0.2) is 9.67 Å². The molecule has 140 valence electrons. The van der Waals surface area contributed by atoms with E-state index in [9.17, 15) is 9.59 Å². The topological polar surface area (TPSA) is 73.0 Å². The number of fused-ring (bicyclic) bond motifs is 1. The maximum absolute atomic E-state index is 12.8. The zero-order valence-corrected chi connectivity index (χ0v) is 15.4. The minimum Gasteiger partial charge on any atom is -0.315 e. The molecule has 0 atom stereocenters. The van der Waals surface area contributed by atoms with E-state index in [2.05, 4.69) is 10.1 Å². The first-order valence-corrected chi connectivity index (χ1v) is 8.95. The predicted molar refractivity (Wildman–Crippen MR) is 108 cm³/mol. The lowest BCUT2D eigenvalue weighted by Gasteiger charge is -2.17. The van der Waals surface area contributed by atoms with E-state index in [1.165, 1.54) is 17.1 Å². The van der Waals surface area contributed by atoms with Crippen molar-refractivity contribution < 1.29 is 4.79 Å². The summed E-state index contributed by atoms with van der Waals surface area (Å²) in [5.74, 6) is -0.0711. The molecule has 0 aliphatic rings. The summed E-state index contributed by atoms with van der Waals surface area (Å²) in [4.78, 5) is 31.2. The van der Waals surface area contributed by atoms with Gasteiger partial charge in [0.05, 0.1) is 18.2 Å². The van der Waals surface area contributed by atoms with Crippen molar-refractivity contribution in [2.75, 3.05) is 11.9 Å². The number of rotatable bonds is 5. The molecule has 7 heteroatoms. The Kier molecular flexibility index (Phi) is 4.72. The molecule has 0 bridgehead atoms. The average molecular weight is 373 g/mol. The van der Waals surface area contributed by atoms with E-state index in [0.717, 1.165) is 11.4 Å². The molecular weight excluding hydrogens is 354 g/mol. The molecule has 0 fully saturated rings. The monoisotopic (exact) mass is 373 g/mol. The Morgan fingerprint density at radius 2 is 1.71 bits per heavy atom. The van der Waals surface area contributed by atoms with Crippen LogP contribution in [0.25, 0.3) is 16.7 Å². The number of carbonyl (C=O) groups excluding carboxylic acids is 1. The van der Waals surface area contributed by atoms with Gasteiger partial charge in [0.25, 0.3) is 5.56 Å². The highest BCUT2D eigenvalue weighted by Crippen LogP contribution is 2.14. The van der Waals surface area contributed by atoms with Gasteiger partial charge in [0.2, 0.25) is 5.91 Å². The van der Waals surface area contributed by atoms with Crippen LogP contribution in [0.15, 0.2) is 78.0 Å². The van der Waals surface area contributed by atoms with Gasteiger partial charge >= 0.3 is 0 Å². The third-order valence-electron chi connectivity index (χ3n) is 4.64. The number of hydrogen-bond acceptors (Lipinski definition) is 4. The van der Waals surface area contributed by atoms with Crippen LogP contribution < -0.4 is 10.5 Å². The SMILES string of the molecule is CN(C(=O)CCn1cnc2c(cnn2-c2ccccc2)c1=O)c1ccccc1. The van der Waals surface area contributed by atoms with E-state index >= 15 is 0 Å². The number of para-hydroxylation sites is 2. The van der Waals surface area contributed by atoms with E-state index in [0.29, 0.717) is 11.0 Å². The highest BCUT2D eigenvalue weighted by Gasteiger charge is 2.14. The second kappa shape index (κ2) is 7.48. The molecule has 4 aromatic rings. The van der Waals surface area contributed by atoms with Crippen molar-refractivity contribution in [1.82, 2.24) is 19.3 Å². The summed E-state index contributed by atoms with van der Waals surface area (Å²) < 4.78 is 3.09. The minimum absolute atomic E-state index is 0.0711. The molecule has 28 heavy (non-hydrogen) atoms. The minimum atomic E-state index is -0.206. The molecule has 2 heterocycles. The van der Waals surface area contributed by atoms with Crippen LogP contribution >= 0.6 is 0 Å². The fraction of sp³-hybridized carbons (Fsp3) is 0.143. The first-order chi connectivity index (χ1) is 13.6. The third-order valence-corrected chi connectivity index (χ3v) is 4.64. The van der Waals surface area contributed by atoms with Gasteiger partial charge in [0.1, 0.15) is 5.39 Å². The van der Waals surface area contributed by atoms with Gasteiger partial charge in [0.15, 0.2) is 5.65 Å².